The molecule has 2 N–H and O–H groups in total. The SMILES string of the molecule is COc1ccc(SN(Cc2ccc3c(c2)OCO3)C(CCC(=O)N2CCN(C(=O)c3ccco3)CC2)C(=O)NO)cc1. The van der Waals surface area contributed by atoms with Crippen LogP contribution in [-0.4, -0.2) is 83.2 Å². The molecule has 2 aromatic carbocycles. The molecule has 2 aliphatic rings. The maximum atomic E-state index is 13.2. The zero-order valence-corrected chi connectivity index (χ0v) is 23.9. The number of nitrogens with one attached hydrogen (secondary N) is 1. The van der Waals surface area contributed by atoms with Gasteiger partial charge in [-0.25, -0.2) is 9.79 Å². The highest BCUT2D eigenvalue weighted by Crippen LogP contribution is 2.35. The van der Waals surface area contributed by atoms with E-state index in [0.29, 0.717) is 50.0 Å². The fourth-order valence-corrected chi connectivity index (χ4v) is 5.88. The Hall–Kier alpha value is -4.20. The maximum Gasteiger partial charge on any atom is 0.289 e. The topological polar surface area (TPSA) is 134 Å². The van der Waals surface area contributed by atoms with Crippen LogP contribution in [-0.2, 0) is 16.1 Å². The number of carbonyl (C=O) groups is 3. The number of ether oxygens (including phenoxy) is 3. The molecule has 1 saturated heterocycles. The molecule has 0 bridgehead atoms. The van der Waals surface area contributed by atoms with Gasteiger partial charge in [-0.15, -0.1) is 0 Å². The molecular weight excluding hydrogens is 564 g/mol. The number of hydroxylamine groups is 1. The molecule has 1 fully saturated rings. The first-order chi connectivity index (χ1) is 20.4. The van der Waals surface area contributed by atoms with Crippen molar-refractivity contribution in [3.8, 4) is 17.2 Å². The van der Waals surface area contributed by atoms with Gasteiger partial charge in [-0.05, 0) is 72.5 Å². The summed E-state index contributed by atoms with van der Waals surface area (Å²) in [5.74, 6) is 1.26. The summed E-state index contributed by atoms with van der Waals surface area (Å²) in [7, 11) is 1.59. The van der Waals surface area contributed by atoms with Gasteiger partial charge >= 0.3 is 0 Å². The van der Waals surface area contributed by atoms with E-state index in [2.05, 4.69) is 0 Å². The number of amides is 3. The summed E-state index contributed by atoms with van der Waals surface area (Å²) in [6, 6.07) is 15.4. The van der Waals surface area contributed by atoms with Crippen LogP contribution in [0.4, 0.5) is 0 Å². The van der Waals surface area contributed by atoms with Crippen LogP contribution in [0, 0.1) is 0 Å². The zero-order valence-electron chi connectivity index (χ0n) is 23.1. The Bertz CT molecular complexity index is 1380. The highest BCUT2D eigenvalue weighted by atomic mass is 32.2. The van der Waals surface area contributed by atoms with E-state index < -0.39 is 11.9 Å². The molecule has 222 valence electrons. The first kappa shape index (κ1) is 29.3. The summed E-state index contributed by atoms with van der Waals surface area (Å²) in [5.41, 5.74) is 2.64. The third-order valence-corrected chi connectivity index (χ3v) is 8.20. The molecule has 3 amide bonds. The van der Waals surface area contributed by atoms with E-state index in [9.17, 15) is 19.6 Å². The van der Waals surface area contributed by atoms with Crippen molar-refractivity contribution < 1.29 is 38.2 Å². The lowest BCUT2D eigenvalue weighted by molar-refractivity contribution is -0.135. The van der Waals surface area contributed by atoms with Gasteiger partial charge in [0.25, 0.3) is 11.8 Å². The quantitative estimate of drug-likeness (QED) is 0.193. The summed E-state index contributed by atoms with van der Waals surface area (Å²) in [5, 5.41) is 9.63. The first-order valence-corrected chi connectivity index (χ1v) is 14.2. The van der Waals surface area contributed by atoms with Gasteiger partial charge in [-0.3, -0.25) is 19.6 Å². The number of piperazine rings is 1. The Labute approximate surface area is 247 Å². The Kier molecular flexibility index (Phi) is 9.52. The van der Waals surface area contributed by atoms with Crippen LogP contribution in [0.15, 0.2) is 70.2 Å². The monoisotopic (exact) mass is 596 g/mol. The smallest absolute Gasteiger partial charge is 0.289 e. The Morgan fingerprint density at radius 3 is 2.45 bits per heavy atom. The molecule has 12 nitrogen and oxygen atoms in total. The van der Waals surface area contributed by atoms with E-state index in [1.165, 1.54) is 18.2 Å². The van der Waals surface area contributed by atoms with Gasteiger partial charge in [0.2, 0.25) is 12.7 Å². The van der Waals surface area contributed by atoms with Crippen LogP contribution in [0.25, 0.3) is 0 Å². The van der Waals surface area contributed by atoms with Crippen LogP contribution in [0.3, 0.4) is 0 Å². The molecule has 3 heterocycles. The fourth-order valence-electron chi connectivity index (χ4n) is 4.81. The maximum absolute atomic E-state index is 13.2. The Morgan fingerprint density at radius 2 is 1.76 bits per heavy atom. The third kappa shape index (κ3) is 6.98. The predicted molar refractivity (Wildman–Crippen MR) is 151 cm³/mol. The van der Waals surface area contributed by atoms with Crippen LogP contribution in [0.1, 0.15) is 29.0 Å². The van der Waals surface area contributed by atoms with E-state index in [4.69, 9.17) is 18.6 Å². The lowest BCUT2D eigenvalue weighted by Crippen LogP contribution is -2.51. The van der Waals surface area contributed by atoms with E-state index in [-0.39, 0.29) is 37.2 Å². The molecule has 42 heavy (non-hydrogen) atoms. The molecule has 1 atom stereocenters. The second kappa shape index (κ2) is 13.6. The predicted octanol–water partition coefficient (Wildman–Crippen LogP) is 3.17. The van der Waals surface area contributed by atoms with Crippen molar-refractivity contribution in [3.05, 3.63) is 72.2 Å². The minimum Gasteiger partial charge on any atom is -0.497 e. The van der Waals surface area contributed by atoms with Crippen molar-refractivity contribution in [1.29, 1.82) is 0 Å². The Morgan fingerprint density at radius 1 is 1.02 bits per heavy atom. The molecule has 0 radical (unpaired) electrons. The molecule has 5 rings (SSSR count). The highest BCUT2D eigenvalue weighted by Gasteiger charge is 2.31. The number of carbonyl (C=O) groups excluding carboxylic acids is 3. The third-order valence-electron chi connectivity index (χ3n) is 7.10. The van der Waals surface area contributed by atoms with Crippen LogP contribution in [0.5, 0.6) is 17.2 Å². The van der Waals surface area contributed by atoms with Crippen molar-refractivity contribution >= 4 is 29.7 Å². The van der Waals surface area contributed by atoms with Gasteiger partial charge in [0.05, 0.1) is 13.4 Å². The van der Waals surface area contributed by atoms with Crippen molar-refractivity contribution in [2.75, 3.05) is 40.1 Å². The number of hydrogen-bond acceptors (Lipinski definition) is 10. The number of benzene rings is 2. The number of methoxy groups -OCH3 is 1. The molecule has 3 aromatic rings. The molecule has 0 saturated carbocycles. The number of fused-ring (bicyclic) bond motifs is 1. The lowest BCUT2D eigenvalue weighted by atomic mass is 10.1. The minimum atomic E-state index is -0.849. The second-order valence-electron chi connectivity index (χ2n) is 9.71. The first-order valence-electron chi connectivity index (χ1n) is 13.5. The minimum absolute atomic E-state index is 0.0744. The van der Waals surface area contributed by atoms with Gasteiger partial charge in [0, 0.05) is 44.0 Å². The molecule has 0 aliphatic carbocycles. The number of nitrogens with zero attached hydrogens (tertiary/aromatic N) is 3. The van der Waals surface area contributed by atoms with E-state index in [1.54, 1.807) is 34.5 Å². The lowest BCUT2D eigenvalue weighted by Gasteiger charge is -2.35. The zero-order chi connectivity index (χ0) is 29.5. The number of hydrogen-bond donors (Lipinski definition) is 2. The van der Waals surface area contributed by atoms with Crippen molar-refractivity contribution in [2.45, 2.75) is 30.3 Å². The molecule has 1 aromatic heterocycles. The normalized spacial score (nSPS) is 15.0. The Balaban J connectivity index is 1.27. The average molecular weight is 597 g/mol. The highest BCUT2D eigenvalue weighted by molar-refractivity contribution is 7.97. The molecule has 1 unspecified atom stereocenters. The summed E-state index contributed by atoms with van der Waals surface area (Å²) in [4.78, 5) is 42.9. The van der Waals surface area contributed by atoms with Crippen LogP contribution >= 0.6 is 11.9 Å². The van der Waals surface area contributed by atoms with Crippen molar-refractivity contribution in [2.24, 2.45) is 0 Å². The van der Waals surface area contributed by atoms with Gasteiger partial charge < -0.3 is 28.4 Å². The second-order valence-corrected chi connectivity index (χ2v) is 10.8. The largest absolute Gasteiger partial charge is 0.497 e. The van der Waals surface area contributed by atoms with Gasteiger partial charge in [0.15, 0.2) is 17.3 Å². The summed E-state index contributed by atoms with van der Waals surface area (Å²) in [6.07, 6.45) is 1.68. The number of furan rings is 1. The molecule has 2 aliphatic heterocycles. The standard InChI is InChI=1S/C29H32N4O8S/c1-38-21-5-7-22(8-6-21)42-33(18-20-4-10-24-26(17-20)41-19-40-24)23(28(35)30-37)9-11-27(34)31-12-14-32(15-13-31)29(36)25-3-2-16-39-25/h2-8,10,16-17,23,37H,9,11-15,18-19H2,1H3,(H,30,35). The van der Waals surface area contributed by atoms with Crippen LogP contribution in [0.2, 0.25) is 0 Å². The van der Waals surface area contributed by atoms with Gasteiger partial charge in [-0.1, -0.05) is 6.07 Å². The van der Waals surface area contributed by atoms with Gasteiger partial charge in [-0.2, -0.15) is 0 Å². The van der Waals surface area contributed by atoms with E-state index >= 15 is 0 Å². The van der Waals surface area contributed by atoms with Gasteiger partial charge in [0.1, 0.15) is 11.8 Å². The molecule has 13 heteroatoms. The van der Waals surface area contributed by atoms with E-state index in [0.717, 1.165) is 10.5 Å². The van der Waals surface area contributed by atoms with Crippen molar-refractivity contribution in [1.82, 2.24) is 19.6 Å². The summed E-state index contributed by atoms with van der Waals surface area (Å²) >= 11 is 1.33. The molecular formula is C29H32N4O8S. The molecule has 0 spiro atoms. The number of rotatable bonds is 11. The average Bonchev–Trinajstić information content (AvgIpc) is 3.73. The summed E-state index contributed by atoms with van der Waals surface area (Å²) < 4.78 is 23.2. The van der Waals surface area contributed by atoms with Crippen molar-refractivity contribution in [3.63, 3.8) is 0 Å². The summed E-state index contributed by atoms with van der Waals surface area (Å²) in [6.45, 7) is 1.98. The van der Waals surface area contributed by atoms with E-state index in [1.807, 2.05) is 46.8 Å². The fraction of sp³-hybridized carbons (Fsp3) is 0.345. The van der Waals surface area contributed by atoms with Crippen LogP contribution < -0.4 is 19.7 Å².